The molecule has 2 N–H and O–H groups in total. The van der Waals surface area contributed by atoms with Gasteiger partial charge in [0.2, 0.25) is 0 Å². The molecule has 4 nitrogen and oxygen atoms in total. The Bertz CT molecular complexity index is 565. The molecule has 0 unspecified atom stereocenters. The van der Waals surface area contributed by atoms with E-state index < -0.39 is 31.5 Å². The van der Waals surface area contributed by atoms with Gasteiger partial charge < -0.3 is 14.6 Å². The van der Waals surface area contributed by atoms with Gasteiger partial charge in [-0.15, -0.1) is 0 Å². The zero-order valence-electron chi connectivity index (χ0n) is 18.3. The van der Waals surface area contributed by atoms with Crippen molar-refractivity contribution in [1.29, 1.82) is 0 Å². The van der Waals surface area contributed by atoms with Crippen LogP contribution in [0.5, 0.6) is 0 Å². The van der Waals surface area contributed by atoms with Gasteiger partial charge in [0.1, 0.15) is 5.60 Å². The zero-order valence-corrected chi connectivity index (χ0v) is 19.3. The minimum absolute atomic E-state index is 0.0370. The summed E-state index contributed by atoms with van der Waals surface area (Å²) in [5.74, 6) is 0.160. The first-order chi connectivity index (χ1) is 11.5. The third kappa shape index (κ3) is 3.13. The highest BCUT2D eigenvalue weighted by Crippen LogP contribution is 2.70. The summed E-state index contributed by atoms with van der Waals surface area (Å²) in [6.45, 7) is 19.0. The first-order valence-corrected chi connectivity index (χ1v) is 13.0. The van der Waals surface area contributed by atoms with Crippen molar-refractivity contribution in [2.24, 2.45) is 16.7 Å². The Balaban J connectivity index is 2.08. The lowest BCUT2D eigenvalue weighted by molar-refractivity contribution is -0.158. The second kappa shape index (κ2) is 6.40. The Hall–Kier alpha value is -0.233. The quantitative estimate of drug-likeness (QED) is 0.670. The number of Topliss-reactive ketones (excluding diaryl/α,β-unsaturated/α-hetero) is 1. The number of ketones is 1. The van der Waals surface area contributed by atoms with E-state index in [1.807, 2.05) is 6.92 Å². The van der Waals surface area contributed by atoms with Crippen LogP contribution in [0.15, 0.2) is 0 Å². The molecule has 2 rings (SSSR count). The van der Waals surface area contributed by atoms with Crippen molar-refractivity contribution in [3.05, 3.63) is 0 Å². The molecule has 152 valence electrons. The molecule has 2 aliphatic rings. The standard InChI is InChI=1S/C21H40O4Si/c1-14(25-26(8,9)18(2,3)4)16(22)12-17(23)21(24)13-15-10-11-20(21,7)19(15,5)6/h14-16,22,24H,10-13H2,1-9H3/t14-,15+,16+,20+,21-/m0/s1. The molecule has 0 aromatic heterocycles. The summed E-state index contributed by atoms with van der Waals surface area (Å²) in [6.07, 6.45) is 1.14. The van der Waals surface area contributed by atoms with E-state index in [0.29, 0.717) is 12.3 Å². The molecule has 0 aromatic carbocycles. The average Bonchev–Trinajstić information content (AvgIpc) is 2.77. The van der Waals surface area contributed by atoms with Crippen molar-refractivity contribution in [3.63, 3.8) is 0 Å². The SMILES string of the molecule is C[C@H](O[Si](C)(C)C(C)(C)C)[C@H](O)CC(=O)[C@@]1(O)C[C@H]2CC[C@]1(C)C2(C)C. The Kier molecular flexibility index (Phi) is 5.43. The van der Waals surface area contributed by atoms with Crippen LogP contribution in [0.1, 0.15) is 74.1 Å². The number of aliphatic hydroxyl groups excluding tert-OH is 1. The lowest BCUT2D eigenvalue weighted by Gasteiger charge is -2.45. The smallest absolute Gasteiger partial charge is 0.192 e. The van der Waals surface area contributed by atoms with Crippen molar-refractivity contribution in [3.8, 4) is 0 Å². The number of carbonyl (C=O) groups excluding carboxylic acids is 1. The third-order valence-electron chi connectivity index (χ3n) is 8.57. The van der Waals surface area contributed by atoms with Crippen LogP contribution in [0.3, 0.4) is 0 Å². The van der Waals surface area contributed by atoms with Crippen molar-refractivity contribution < 1.29 is 19.4 Å². The number of aliphatic hydroxyl groups is 2. The van der Waals surface area contributed by atoms with Gasteiger partial charge in [0, 0.05) is 11.8 Å². The largest absolute Gasteiger partial charge is 0.412 e. The van der Waals surface area contributed by atoms with Gasteiger partial charge in [0.15, 0.2) is 14.1 Å². The van der Waals surface area contributed by atoms with Gasteiger partial charge in [0.25, 0.3) is 0 Å². The molecule has 0 radical (unpaired) electrons. The Morgan fingerprint density at radius 1 is 1.27 bits per heavy atom. The van der Waals surface area contributed by atoms with Gasteiger partial charge in [-0.05, 0) is 55.7 Å². The molecule has 26 heavy (non-hydrogen) atoms. The van der Waals surface area contributed by atoms with Gasteiger partial charge in [-0.2, -0.15) is 0 Å². The van der Waals surface area contributed by atoms with Gasteiger partial charge in [-0.1, -0.05) is 41.5 Å². The van der Waals surface area contributed by atoms with E-state index in [1.165, 1.54) is 0 Å². The van der Waals surface area contributed by atoms with E-state index in [9.17, 15) is 15.0 Å². The fourth-order valence-corrected chi connectivity index (χ4v) is 6.38. The van der Waals surface area contributed by atoms with E-state index in [0.717, 1.165) is 12.8 Å². The Morgan fingerprint density at radius 3 is 2.19 bits per heavy atom. The summed E-state index contributed by atoms with van der Waals surface area (Å²) in [5.41, 5.74) is -1.78. The van der Waals surface area contributed by atoms with Crippen molar-refractivity contribution in [1.82, 2.24) is 0 Å². The van der Waals surface area contributed by atoms with E-state index in [-0.39, 0.29) is 22.7 Å². The molecule has 0 heterocycles. The second-order valence-electron chi connectivity index (χ2n) is 11.1. The highest BCUT2D eigenvalue weighted by atomic mass is 28.4. The van der Waals surface area contributed by atoms with Crippen LogP contribution >= 0.6 is 0 Å². The lowest BCUT2D eigenvalue weighted by Crippen LogP contribution is -2.54. The summed E-state index contributed by atoms with van der Waals surface area (Å²) in [5, 5.41) is 22.0. The molecular formula is C21H40O4Si. The van der Waals surface area contributed by atoms with Crippen LogP contribution in [-0.4, -0.2) is 42.1 Å². The second-order valence-corrected chi connectivity index (χ2v) is 15.9. The minimum atomic E-state index is -2.02. The molecule has 5 heteroatoms. The molecule has 0 aliphatic heterocycles. The van der Waals surface area contributed by atoms with Gasteiger partial charge in [-0.25, -0.2) is 0 Å². The molecule has 2 bridgehead atoms. The predicted octanol–water partition coefficient (Wildman–Crippen LogP) is 4.29. The van der Waals surface area contributed by atoms with E-state index >= 15 is 0 Å². The van der Waals surface area contributed by atoms with Crippen LogP contribution in [0, 0.1) is 16.7 Å². The molecule has 2 aliphatic carbocycles. The average molecular weight is 385 g/mol. The van der Waals surface area contributed by atoms with Crippen molar-refractivity contribution in [2.75, 3.05) is 0 Å². The van der Waals surface area contributed by atoms with Gasteiger partial charge in [-0.3, -0.25) is 4.79 Å². The highest BCUT2D eigenvalue weighted by Gasteiger charge is 2.70. The number of fused-ring (bicyclic) bond motifs is 2. The molecule has 2 fully saturated rings. The highest BCUT2D eigenvalue weighted by molar-refractivity contribution is 6.74. The summed E-state index contributed by atoms with van der Waals surface area (Å²) in [7, 11) is -2.02. The van der Waals surface area contributed by atoms with E-state index in [4.69, 9.17) is 4.43 Å². The fraction of sp³-hybridized carbons (Fsp3) is 0.952. The van der Waals surface area contributed by atoms with Crippen molar-refractivity contribution >= 4 is 14.1 Å². The topological polar surface area (TPSA) is 66.8 Å². The number of rotatable bonds is 6. The third-order valence-corrected chi connectivity index (χ3v) is 13.1. The van der Waals surface area contributed by atoms with Crippen LogP contribution in [0.25, 0.3) is 0 Å². The summed E-state index contributed by atoms with van der Waals surface area (Å²) in [4.78, 5) is 13.1. The lowest BCUT2D eigenvalue weighted by atomic mass is 9.62. The molecule has 5 atom stereocenters. The zero-order chi connectivity index (χ0) is 20.3. The Labute approximate surface area is 160 Å². The normalized spacial score (nSPS) is 36.2. The number of hydrogen-bond donors (Lipinski definition) is 2. The summed E-state index contributed by atoms with van der Waals surface area (Å²) < 4.78 is 6.24. The maximum atomic E-state index is 13.1. The minimum Gasteiger partial charge on any atom is -0.412 e. The molecule has 0 amide bonds. The van der Waals surface area contributed by atoms with Crippen LogP contribution < -0.4 is 0 Å². The van der Waals surface area contributed by atoms with Crippen LogP contribution in [-0.2, 0) is 9.22 Å². The Morgan fingerprint density at radius 2 is 1.81 bits per heavy atom. The molecular weight excluding hydrogens is 344 g/mol. The number of carbonyl (C=O) groups is 1. The van der Waals surface area contributed by atoms with Crippen molar-refractivity contribution in [2.45, 2.75) is 110 Å². The molecule has 0 aromatic rings. The van der Waals surface area contributed by atoms with Crippen LogP contribution in [0.4, 0.5) is 0 Å². The maximum absolute atomic E-state index is 13.1. The van der Waals surface area contributed by atoms with E-state index in [2.05, 4.69) is 54.6 Å². The fourth-order valence-electron chi connectivity index (χ4n) is 4.94. The molecule has 0 saturated heterocycles. The van der Waals surface area contributed by atoms with Gasteiger partial charge >= 0.3 is 0 Å². The molecule has 0 spiro atoms. The van der Waals surface area contributed by atoms with Crippen LogP contribution in [0.2, 0.25) is 18.1 Å². The summed E-state index contributed by atoms with van der Waals surface area (Å²) >= 11 is 0. The first-order valence-electron chi connectivity index (χ1n) is 10.1. The molecule has 2 saturated carbocycles. The predicted molar refractivity (Wildman–Crippen MR) is 108 cm³/mol. The number of hydrogen-bond acceptors (Lipinski definition) is 4. The monoisotopic (exact) mass is 384 g/mol. The van der Waals surface area contributed by atoms with Gasteiger partial charge in [0.05, 0.1) is 12.2 Å². The summed E-state index contributed by atoms with van der Waals surface area (Å²) in [6, 6.07) is 0. The maximum Gasteiger partial charge on any atom is 0.192 e. The first kappa shape index (κ1) is 22.1. The van der Waals surface area contributed by atoms with E-state index in [1.54, 1.807) is 0 Å².